The molecule has 1 aromatic rings. The highest BCUT2D eigenvalue weighted by atomic mass is 16.5. The molecule has 0 saturated carbocycles. The van der Waals surface area contributed by atoms with Crippen LogP contribution in [-0.2, 0) is 6.42 Å². The van der Waals surface area contributed by atoms with Gasteiger partial charge < -0.3 is 15.0 Å². The molecule has 19 heavy (non-hydrogen) atoms. The molecular formula is C16H26N2O. The molecule has 0 amide bonds. The van der Waals surface area contributed by atoms with Crippen molar-refractivity contribution in [1.29, 1.82) is 0 Å². The first-order valence-electron chi connectivity index (χ1n) is 7.32. The van der Waals surface area contributed by atoms with E-state index in [9.17, 15) is 0 Å². The number of fused-ring (bicyclic) bond motifs is 1. The van der Waals surface area contributed by atoms with Gasteiger partial charge in [0, 0.05) is 6.54 Å². The van der Waals surface area contributed by atoms with Crippen LogP contribution in [0, 0.1) is 0 Å². The number of nitrogens with one attached hydrogen (secondary N) is 1. The Morgan fingerprint density at radius 1 is 1.26 bits per heavy atom. The lowest BCUT2D eigenvalue weighted by atomic mass is 10.0. The van der Waals surface area contributed by atoms with Crippen molar-refractivity contribution in [3.8, 4) is 5.75 Å². The second kappa shape index (κ2) is 5.83. The number of hydrogen-bond acceptors (Lipinski definition) is 3. The molecule has 0 unspecified atom stereocenters. The number of likely N-dealkylation sites (N-methyl/N-ethyl adjacent to an activating group) is 1. The minimum atomic E-state index is -0.115. The predicted octanol–water partition coefficient (Wildman–Crippen LogP) is 3.15. The highest BCUT2D eigenvalue weighted by molar-refractivity contribution is 5.60. The Labute approximate surface area is 116 Å². The number of hydrogen-bond donors (Lipinski definition) is 1. The molecule has 0 spiro atoms. The summed E-state index contributed by atoms with van der Waals surface area (Å²) in [5.41, 5.74) is 2.40. The van der Waals surface area contributed by atoms with Crippen LogP contribution >= 0.6 is 0 Å². The van der Waals surface area contributed by atoms with Crippen molar-refractivity contribution < 1.29 is 4.74 Å². The average molecular weight is 262 g/mol. The van der Waals surface area contributed by atoms with Gasteiger partial charge in [0.2, 0.25) is 0 Å². The first kappa shape index (κ1) is 14.2. The molecule has 1 aliphatic heterocycles. The second-order valence-corrected chi connectivity index (χ2v) is 5.82. The Hall–Kier alpha value is -1.22. The Morgan fingerprint density at radius 3 is 2.68 bits per heavy atom. The van der Waals surface area contributed by atoms with Crippen LogP contribution in [0.5, 0.6) is 5.75 Å². The number of nitrogens with zero attached hydrogens (tertiary/aromatic N) is 1. The van der Waals surface area contributed by atoms with Crippen molar-refractivity contribution in [2.24, 2.45) is 0 Å². The predicted molar refractivity (Wildman–Crippen MR) is 81.1 cm³/mol. The van der Waals surface area contributed by atoms with Gasteiger partial charge in [0.1, 0.15) is 11.4 Å². The Morgan fingerprint density at radius 2 is 2.00 bits per heavy atom. The van der Waals surface area contributed by atoms with Gasteiger partial charge in [-0.1, -0.05) is 19.9 Å². The summed E-state index contributed by atoms with van der Waals surface area (Å²) >= 11 is 0. The third-order valence-corrected chi connectivity index (χ3v) is 3.75. The molecule has 0 aliphatic carbocycles. The van der Waals surface area contributed by atoms with E-state index in [1.54, 1.807) is 0 Å². The molecule has 1 aromatic carbocycles. The van der Waals surface area contributed by atoms with Crippen molar-refractivity contribution in [3.63, 3.8) is 0 Å². The van der Waals surface area contributed by atoms with Gasteiger partial charge >= 0.3 is 0 Å². The standard InChI is InChI=1S/C16H26N2O/c1-5-18(6-2)10-9-13-7-8-15-14(11-13)17-12-16(3,4)19-15/h7-8,11,17H,5-6,9-10,12H2,1-4H3. The zero-order valence-electron chi connectivity index (χ0n) is 12.6. The lowest BCUT2D eigenvalue weighted by Gasteiger charge is -2.33. The molecule has 0 bridgehead atoms. The summed E-state index contributed by atoms with van der Waals surface area (Å²) in [7, 11) is 0. The number of ether oxygens (including phenoxy) is 1. The molecule has 3 heteroatoms. The normalized spacial score (nSPS) is 16.7. The summed E-state index contributed by atoms with van der Waals surface area (Å²) in [5, 5.41) is 3.47. The van der Waals surface area contributed by atoms with Gasteiger partial charge in [0.15, 0.2) is 0 Å². The van der Waals surface area contributed by atoms with Gasteiger partial charge in [-0.2, -0.15) is 0 Å². The molecule has 0 atom stereocenters. The summed E-state index contributed by atoms with van der Waals surface area (Å²) in [6.07, 6.45) is 1.10. The number of benzene rings is 1. The maximum atomic E-state index is 5.97. The zero-order valence-corrected chi connectivity index (χ0v) is 12.6. The Balaban J connectivity index is 2.02. The number of rotatable bonds is 5. The molecule has 106 valence electrons. The van der Waals surface area contributed by atoms with E-state index in [2.05, 4.69) is 56.1 Å². The Kier molecular flexibility index (Phi) is 4.35. The second-order valence-electron chi connectivity index (χ2n) is 5.82. The highest BCUT2D eigenvalue weighted by Gasteiger charge is 2.26. The van der Waals surface area contributed by atoms with Crippen LogP contribution < -0.4 is 10.1 Å². The lowest BCUT2D eigenvalue weighted by molar-refractivity contribution is 0.116. The minimum absolute atomic E-state index is 0.115. The van der Waals surface area contributed by atoms with E-state index in [1.165, 1.54) is 5.56 Å². The summed E-state index contributed by atoms with van der Waals surface area (Å²) in [6, 6.07) is 6.51. The van der Waals surface area contributed by atoms with E-state index in [1.807, 2.05) is 0 Å². The van der Waals surface area contributed by atoms with Gasteiger partial charge in [0.05, 0.1) is 12.2 Å². The van der Waals surface area contributed by atoms with Gasteiger partial charge in [-0.15, -0.1) is 0 Å². The monoisotopic (exact) mass is 262 g/mol. The first-order valence-corrected chi connectivity index (χ1v) is 7.32. The SMILES string of the molecule is CCN(CC)CCc1ccc2c(c1)NCC(C)(C)O2. The van der Waals surface area contributed by atoms with E-state index in [0.29, 0.717) is 0 Å². The van der Waals surface area contributed by atoms with Crippen molar-refractivity contribution in [1.82, 2.24) is 4.90 Å². The van der Waals surface area contributed by atoms with Crippen LogP contribution in [0.15, 0.2) is 18.2 Å². The average Bonchev–Trinajstić information content (AvgIpc) is 2.39. The van der Waals surface area contributed by atoms with Crippen molar-refractivity contribution in [2.45, 2.75) is 39.7 Å². The van der Waals surface area contributed by atoms with Crippen LogP contribution in [0.25, 0.3) is 0 Å². The smallest absolute Gasteiger partial charge is 0.143 e. The maximum Gasteiger partial charge on any atom is 0.143 e. The molecule has 0 radical (unpaired) electrons. The van der Waals surface area contributed by atoms with Crippen LogP contribution in [-0.4, -0.2) is 36.7 Å². The van der Waals surface area contributed by atoms with E-state index in [-0.39, 0.29) is 5.60 Å². The highest BCUT2D eigenvalue weighted by Crippen LogP contribution is 2.33. The molecule has 1 heterocycles. The van der Waals surface area contributed by atoms with Crippen LogP contribution in [0.3, 0.4) is 0 Å². The van der Waals surface area contributed by atoms with Gasteiger partial charge in [-0.25, -0.2) is 0 Å². The maximum absolute atomic E-state index is 5.97. The molecule has 0 fully saturated rings. The Bertz CT molecular complexity index is 425. The fourth-order valence-electron chi connectivity index (χ4n) is 2.43. The van der Waals surface area contributed by atoms with E-state index in [4.69, 9.17) is 4.74 Å². The van der Waals surface area contributed by atoms with Crippen LogP contribution in [0.2, 0.25) is 0 Å². The summed E-state index contributed by atoms with van der Waals surface area (Å²) in [5.74, 6) is 0.975. The summed E-state index contributed by atoms with van der Waals surface area (Å²) in [4.78, 5) is 2.45. The molecule has 1 N–H and O–H groups in total. The summed E-state index contributed by atoms with van der Waals surface area (Å²) < 4.78 is 5.97. The van der Waals surface area contributed by atoms with E-state index in [0.717, 1.165) is 44.0 Å². The molecule has 3 nitrogen and oxygen atoms in total. The van der Waals surface area contributed by atoms with E-state index < -0.39 is 0 Å². The van der Waals surface area contributed by atoms with Gasteiger partial charge in [0.25, 0.3) is 0 Å². The third-order valence-electron chi connectivity index (χ3n) is 3.75. The minimum Gasteiger partial charge on any atom is -0.484 e. The van der Waals surface area contributed by atoms with Crippen molar-refractivity contribution >= 4 is 5.69 Å². The molecule has 0 aromatic heterocycles. The van der Waals surface area contributed by atoms with Crippen LogP contribution in [0.1, 0.15) is 33.3 Å². The lowest BCUT2D eigenvalue weighted by Crippen LogP contribution is -2.40. The van der Waals surface area contributed by atoms with Gasteiger partial charge in [-0.05, 0) is 51.1 Å². The fraction of sp³-hybridized carbons (Fsp3) is 0.625. The first-order chi connectivity index (χ1) is 9.04. The fourth-order valence-corrected chi connectivity index (χ4v) is 2.43. The molecule has 2 rings (SSSR count). The molecule has 0 saturated heterocycles. The zero-order chi connectivity index (χ0) is 13.9. The summed E-state index contributed by atoms with van der Waals surface area (Å²) in [6.45, 7) is 12.9. The number of anilines is 1. The topological polar surface area (TPSA) is 24.5 Å². The van der Waals surface area contributed by atoms with Crippen LogP contribution in [0.4, 0.5) is 5.69 Å². The van der Waals surface area contributed by atoms with Crippen molar-refractivity contribution in [3.05, 3.63) is 23.8 Å². The van der Waals surface area contributed by atoms with Gasteiger partial charge in [-0.3, -0.25) is 0 Å². The third kappa shape index (κ3) is 3.63. The largest absolute Gasteiger partial charge is 0.484 e. The quantitative estimate of drug-likeness (QED) is 0.882. The van der Waals surface area contributed by atoms with E-state index >= 15 is 0 Å². The molecule has 1 aliphatic rings. The molecular weight excluding hydrogens is 236 g/mol. The van der Waals surface area contributed by atoms with Crippen molar-refractivity contribution in [2.75, 3.05) is 31.5 Å².